The van der Waals surface area contributed by atoms with Gasteiger partial charge in [-0.3, -0.25) is 4.79 Å². The van der Waals surface area contributed by atoms with Crippen LogP contribution in [0.2, 0.25) is 0 Å². The van der Waals surface area contributed by atoms with E-state index in [0.717, 1.165) is 5.56 Å². The van der Waals surface area contributed by atoms with Gasteiger partial charge in [-0.2, -0.15) is 0 Å². The first-order valence-corrected chi connectivity index (χ1v) is 9.76. The third-order valence-corrected chi connectivity index (χ3v) is 4.76. The fourth-order valence-electron chi connectivity index (χ4n) is 3.14. The first kappa shape index (κ1) is 20.5. The van der Waals surface area contributed by atoms with E-state index in [9.17, 15) is 4.79 Å². The molecule has 4 rings (SSSR count). The fourth-order valence-corrected chi connectivity index (χ4v) is 3.14. The van der Waals surface area contributed by atoms with Crippen molar-refractivity contribution in [2.75, 3.05) is 27.6 Å². The number of carbonyl (C=O) groups is 1. The standard InChI is InChI=1S/C23H23NO7/c1-26-18-6-3-15(11-21(18)27-2)9-10-24-23(25)20-8-5-17(31-20)13-28-16-4-7-19-22(12-16)30-14-29-19/h3-8,11-12H,9-10,13-14H2,1-2H3,(H,24,25). The van der Waals surface area contributed by atoms with Crippen LogP contribution in [-0.4, -0.2) is 33.5 Å². The Labute approximate surface area is 179 Å². The van der Waals surface area contributed by atoms with Gasteiger partial charge in [-0.15, -0.1) is 0 Å². The largest absolute Gasteiger partial charge is 0.493 e. The van der Waals surface area contributed by atoms with E-state index in [-0.39, 0.29) is 25.1 Å². The molecule has 1 aliphatic rings. The lowest BCUT2D eigenvalue weighted by atomic mass is 10.1. The van der Waals surface area contributed by atoms with Crippen LogP contribution in [0.5, 0.6) is 28.7 Å². The fraction of sp³-hybridized carbons (Fsp3) is 0.261. The van der Waals surface area contributed by atoms with Crippen molar-refractivity contribution in [2.45, 2.75) is 13.0 Å². The first-order valence-electron chi connectivity index (χ1n) is 9.76. The summed E-state index contributed by atoms with van der Waals surface area (Å²) in [5, 5.41) is 2.85. The van der Waals surface area contributed by atoms with Crippen LogP contribution in [0.4, 0.5) is 0 Å². The number of amides is 1. The van der Waals surface area contributed by atoms with Gasteiger partial charge in [0, 0.05) is 12.6 Å². The number of hydrogen-bond donors (Lipinski definition) is 1. The molecule has 0 fully saturated rings. The minimum absolute atomic E-state index is 0.193. The Kier molecular flexibility index (Phi) is 6.16. The molecule has 1 N–H and O–H groups in total. The molecule has 0 saturated carbocycles. The molecule has 2 aromatic carbocycles. The average molecular weight is 425 g/mol. The number of rotatable bonds is 9. The molecule has 8 heteroatoms. The lowest BCUT2D eigenvalue weighted by Gasteiger charge is -2.10. The highest BCUT2D eigenvalue weighted by Crippen LogP contribution is 2.35. The number of furan rings is 1. The molecular weight excluding hydrogens is 402 g/mol. The van der Waals surface area contributed by atoms with Gasteiger partial charge < -0.3 is 33.4 Å². The van der Waals surface area contributed by atoms with Crippen molar-refractivity contribution >= 4 is 5.91 Å². The summed E-state index contributed by atoms with van der Waals surface area (Å²) in [5.74, 6) is 3.78. The summed E-state index contributed by atoms with van der Waals surface area (Å²) in [6.45, 7) is 0.859. The monoisotopic (exact) mass is 425 g/mol. The Morgan fingerprint density at radius 1 is 0.968 bits per heavy atom. The Balaban J connectivity index is 1.26. The zero-order chi connectivity index (χ0) is 21.6. The maximum absolute atomic E-state index is 12.4. The second-order valence-electron chi connectivity index (χ2n) is 6.76. The van der Waals surface area contributed by atoms with Crippen molar-refractivity contribution in [2.24, 2.45) is 0 Å². The third-order valence-electron chi connectivity index (χ3n) is 4.76. The molecule has 2 heterocycles. The highest BCUT2D eigenvalue weighted by Gasteiger charge is 2.15. The van der Waals surface area contributed by atoms with Crippen LogP contribution in [0.25, 0.3) is 0 Å². The van der Waals surface area contributed by atoms with Gasteiger partial charge in [0.15, 0.2) is 28.8 Å². The summed E-state index contributed by atoms with van der Waals surface area (Å²) in [6.07, 6.45) is 0.646. The van der Waals surface area contributed by atoms with Crippen LogP contribution >= 0.6 is 0 Å². The van der Waals surface area contributed by atoms with Crippen LogP contribution < -0.4 is 29.0 Å². The van der Waals surface area contributed by atoms with Crippen LogP contribution in [-0.2, 0) is 13.0 Å². The molecule has 1 aromatic heterocycles. The predicted octanol–water partition coefficient (Wildman–Crippen LogP) is 3.58. The van der Waals surface area contributed by atoms with Crippen LogP contribution in [0, 0.1) is 0 Å². The normalized spacial score (nSPS) is 11.8. The van der Waals surface area contributed by atoms with Gasteiger partial charge in [0.2, 0.25) is 6.79 Å². The average Bonchev–Trinajstić information content (AvgIpc) is 3.46. The molecule has 0 radical (unpaired) electrons. The van der Waals surface area contributed by atoms with Gasteiger partial charge in [0.25, 0.3) is 5.91 Å². The summed E-state index contributed by atoms with van der Waals surface area (Å²) >= 11 is 0. The molecular formula is C23H23NO7. The van der Waals surface area contributed by atoms with E-state index in [1.165, 1.54) is 0 Å². The molecule has 8 nitrogen and oxygen atoms in total. The highest BCUT2D eigenvalue weighted by molar-refractivity contribution is 5.91. The van der Waals surface area contributed by atoms with E-state index in [1.807, 2.05) is 18.2 Å². The molecule has 1 aliphatic heterocycles. The van der Waals surface area contributed by atoms with E-state index in [0.29, 0.717) is 47.5 Å². The van der Waals surface area contributed by atoms with Gasteiger partial charge in [0.1, 0.15) is 18.1 Å². The first-order chi connectivity index (χ1) is 15.2. The summed E-state index contributed by atoms with van der Waals surface area (Å²) in [6, 6.07) is 14.4. The lowest BCUT2D eigenvalue weighted by Crippen LogP contribution is -2.25. The van der Waals surface area contributed by atoms with Crippen LogP contribution in [0.3, 0.4) is 0 Å². The van der Waals surface area contributed by atoms with Crippen molar-refractivity contribution < 1.29 is 32.9 Å². The van der Waals surface area contributed by atoms with Gasteiger partial charge in [0.05, 0.1) is 14.2 Å². The van der Waals surface area contributed by atoms with E-state index >= 15 is 0 Å². The number of ether oxygens (including phenoxy) is 5. The Morgan fingerprint density at radius 3 is 2.65 bits per heavy atom. The van der Waals surface area contributed by atoms with Crippen LogP contribution in [0.15, 0.2) is 52.9 Å². The molecule has 31 heavy (non-hydrogen) atoms. The Hall–Kier alpha value is -3.81. The summed E-state index contributed by atoms with van der Waals surface area (Å²) < 4.78 is 32.4. The van der Waals surface area contributed by atoms with Crippen molar-refractivity contribution in [3.63, 3.8) is 0 Å². The second kappa shape index (κ2) is 9.34. The summed E-state index contributed by atoms with van der Waals surface area (Å²) in [5.41, 5.74) is 1.02. The molecule has 0 spiro atoms. The molecule has 0 unspecified atom stereocenters. The SMILES string of the molecule is COc1ccc(CCNC(=O)c2ccc(COc3ccc4c(c3)OCO4)o2)cc1OC. The number of hydrogen-bond acceptors (Lipinski definition) is 7. The number of fused-ring (bicyclic) bond motifs is 1. The van der Waals surface area contributed by atoms with Gasteiger partial charge in [-0.05, 0) is 48.4 Å². The molecule has 0 saturated heterocycles. The summed E-state index contributed by atoms with van der Waals surface area (Å²) in [7, 11) is 3.18. The quantitative estimate of drug-likeness (QED) is 0.561. The summed E-state index contributed by atoms with van der Waals surface area (Å²) in [4.78, 5) is 12.4. The molecule has 3 aromatic rings. The highest BCUT2D eigenvalue weighted by atomic mass is 16.7. The van der Waals surface area contributed by atoms with Crippen molar-refractivity contribution in [3.05, 3.63) is 65.6 Å². The molecule has 1 amide bonds. The van der Waals surface area contributed by atoms with E-state index in [2.05, 4.69) is 5.32 Å². The lowest BCUT2D eigenvalue weighted by molar-refractivity contribution is 0.0922. The van der Waals surface area contributed by atoms with Crippen molar-refractivity contribution in [3.8, 4) is 28.7 Å². The second-order valence-corrected chi connectivity index (χ2v) is 6.76. The van der Waals surface area contributed by atoms with Gasteiger partial charge >= 0.3 is 0 Å². The van der Waals surface area contributed by atoms with Gasteiger partial charge in [-0.1, -0.05) is 6.07 Å². The molecule has 0 bridgehead atoms. The minimum Gasteiger partial charge on any atom is -0.493 e. The number of nitrogens with one attached hydrogen (secondary N) is 1. The molecule has 162 valence electrons. The van der Waals surface area contributed by atoms with E-state index < -0.39 is 0 Å². The molecule has 0 aliphatic carbocycles. The topological polar surface area (TPSA) is 88.4 Å². The maximum atomic E-state index is 12.4. The number of methoxy groups -OCH3 is 2. The van der Waals surface area contributed by atoms with Gasteiger partial charge in [-0.25, -0.2) is 0 Å². The zero-order valence-corrected chi connectivity index (χ0v) is 17.3. The smallest absolute Gasteiger partial charge is 0.287 e. The van der Waals surface area contributed by atoms with Crippen LogP contribution in [0.1, 0.15) is 21.9 Å². The van der Waals surface area contributed by atoms with E-state index in [1.54, 1.807) is 44.6 Å². The number of benzene rings is 2. The van der Waals surface area contributed by atoms with E-state index in [4.69, 9.17) is 28.1 Å². The Bertz CT molecular complexity index is 1060. The maximum Gasteiger partial charge on any atom is 0.287 e. The van der Waals surface area contributed by atoms with Crippen molar-refractivity contribution in [1.29, 1.82) is 0 Å². The number of carbonyl (C=O) groups excluding carboxylic acids is 1. The zero-order valence-electron chi connectivity index (χ0n) is 17.3. The van der Waals surface area contributed by atoms with Crippen molar-refractivity contribution in [1.82, 2.24) is 5.32 Å². The predicted molar refractivity (Wildman–Crippen MR) is 111 cm³/mol. The Morgan fingerprint density at radius 2 is 1.81 bits per heavy atom. The minimum atomic E-state index is -0.283. The third kappa shape index (κ3) is 4.85. The molecule has 0 atom stereocenters.